The molecule has 0 saturated heterocycles. The fourth-order valence-corrected chi connectivity index (χ4v) is 3.05. The molecule has 1 atom stereocenters. The summed E-state index contributed by atoms with van der Waals surface area (Å²) in [5.74, 6) is 0.613. The summed E-state index contributed by atoms with van der Waals surface area (Å²) >= 11 is 0. The first-order valence-corrected chi connectivity index (χ1v) is 6.51. The molecule has 3 rings (SSSR count). The highest BCUT2D eigenvalue weighted by atomic mass is 15.3. The van der Waals surface area contributed by atoms with Crippen molar-refractivity contribution in [1.29, 1.82) is 0 Å². The summed E-state index contributed by atoms with van der Waals surface area (Å²) in [5.41, 5.74) is 4.15. The SMILES string of the molecule is CNC(c1ccn(C)n1)C1Cc2ccccc2C1. The summed E-state index contributed by atoms with van der Waals surface area (Å²) in [5, 5.41) is 7.98. The first-order chi connectivity index (χ1) is 8.78. The minimum atomic E-state index is 0.346. The number of nitrogens with one attached hydrogen (secondary N) is 1. The summed E-state index contributed by atoms with van der Waals surface area (Å²) < 4.78 is 1.88. The zero-order valence-electron chi connectivity index (χ0n) is 10.9. The van der Waals surface area contributed by atoms with E-state index in [0.717, 1.165) is 18.5 Å². The molecular weight excluding hydrogens is 222 g/mol. The zero-order valence-corrected chi connectivity index (χ0v) is 10.9. The van der Waals surface area contributed by atoms with Gasteiger partial charge in [-0.05, 0) is 43.0 Å². The number of fused-ring (bicyclic) bond motifs is 1. The highest BCUT2D eigenvalue weighted by molar-refractivity contribution is 5.33. The van der Waals surface area contributed by atoms with Crippen molar-refractivity contribution in [1.82, 2.24) is 15.1 Å². The fourth-order valence-electron chi connectivity index (χ4n) is 3.05. The van der Waals surface area contributed by atoms with Crippen molar-refractivity contribution >= 4 is 0 Å². The number of nitrogens with zero attached hydrogens (tertiary/aromatic N) is 2. The van der Waals surface area contributed by atoms with Crippen LogP contribution in [0.1, 0.15) is 22.9 Å². The quantitative estimate of drug-likeness (QED) is 0.892. The van der Waals surface area contributed by atoms with E-state index in [-0.39, 0.29) is 0 Å². The minimum Gasteiger partial charge on any atom is -0.311 e. The lowest BCUT2D eigenvalue weighted by Gasteiger charge is -2.20. The van der Waals surface area contributed by atoms with Gasteiger partial charge in [-0.3, -0.25) is 4.68 Å². The molecule has 1 N–H and O–H groups in total. The maximum absolute atomic E-state index is 4.54. The smallest absolute Gasteiger partial charge is 0.0796 e. The van der Waals surface area contributed by atoms with E-state index in [2.05, 4.69) is 40.7 Å². The largest absolute Gasteiger partial charge is 0.311 e. The maximum Gasteiger partial charge on any atom is 0.0796 e. The van der Waals surface area contributed by atoms with Crippen LogP contribution in [0.25, 0.3) is 0 Å². The molecular formula is C15H19N3. The van der Waals surface area contributed by atoms with Gasteiger partial charge < -0.3 is 5.32 Å². The van der Waals surface area contributed by atoms with Crippen molar-refractivity contribution in [2.45, 2.75) is 18.9 Å². The van der Waals surface area contributed by atoms with Gasteiger partial charge in [-0.2, -0.15) is 5.10 Å². The molecule has 0 radical (unpaired) electrons. The number of hydrogen-bond donors (Lipinski definition) is 1. The monoisotopic (exact) mass is 241 g/mol. The van der Waals surface area contributed by atoms with Crippen LogP contribution < -0.4 is 5.32 Å². The third-order valence-electron chi connectivity index (χ3n) is 3.92. The van der Waals surface area contributed by atoms with Crippen LogP contribution in [0.2, 0.25) is 0 Å². The molecule has 1 aromatic carbocycles. The van der Waals surface area contributed by atoms with E-state index in [0.29, 0.717) is 12.0 Å². The third kappa shape index (κ3) is 1.95. The van der Waals surface area contributed by atoms with Gasteiger partial charge in [-0.15, -0.1) is 0 Å². The van der Waals surface area contributed by atoms with Crippen LogP contribution in [0.5, 0.6) is 0 Å². The van der Waals surface area contributed by atoms with Gasteiger partial charge in [0.2, 0.25) is 0 Å². The molecule has 1 aliphatic carbocycles. The lowest BCUT2D eigenvalue weighted by atomic mass is 9.94. The van der Waals surface area contributed by atoms with Gasteiger partial charge in [0.25, 0.3) is 0 Å². The number of hydrogen-bond acceptors (Lipinski definition) is 2. The van der Waals surface area contributed by atoms with Crippen molar-refractivity contribution in [3.63, 3.8) is 0 Å². The van der Waals surface area contributed by atoms with E-state index in [9.17, 15) is 0 Å². The van der Waals surface area contributed by atoms with Gasteiger partial charge in [-0.25, -0.2) is 0 Å². The zero-order chi connectivity index (χ0) is 12.5. The summed E-state index contributed by atoms with van der Waals surface area (Å²) in [6.45, 7) is 0. The molecule has 0 spiro atoms. The maximum atomic E-state index is 4.54. The second kappa shape index (κ2) is 4.58. The summed E-state index contributed by atoms with van der Waals surface area (Å²) in [4.78, 5) is 0. The van der Waals surface area contributed by atoms with Crippen molar-refractivity contribution in [3.05, 3.63) is 53.3 Å². The van der Waals surface area contributed by atoms with Crippen molar-refractivity contribution < 1.29 is 0 Å². The van der Waals surface area contributed by atoms with E-state index in [1.54, 1.807) is 0 Å². The van der Waals surface area contributed by atoms with Crippen LogP contribution in [-0.2, 0) is 19.9 Å². The topological polar surface area (TPSA) is 29.9 Å². The second-order valence-electron chi connectivity index (χ2n) is 5.12. The molecule has 0 fully saturated rings. The Morgan fingerprint density at radius 1 is 1.22 bits per heavy atom. The van der Waals surface area contributed by atoms with E-state index in [1.807, 2.05) is 25.0 Å². The van der Waals surface area contributed by atoms with E-state index in [1.165, 1.54) is 11.1 Å². The van der Waals surface area contributed by atoms with E-state index < -0.39 is 0 Å². The van der Waals surface area contributed by atoms with E-state index in [4.69, 9.17) is 0 Å². The molecule has 94 valence electrons. The van der Waals surface area contributed by atoms with Gasteiger partial charge in [0.05, 0.1) is 11.7 Å². The number of aromatic nitrogens is 2. The highest BCUT2D eigenvalue weighted by Crippen LogP contribution is 2.34. The molecule has 2 aromatic rings. The standard InChI is InChI=1S/C15H19N3/c1-16-15(14-7-8-18(2)17-14)13-9-11-5-3-4-6-12(11)10-13/h3-8,13,15-16H,9-10H2,1-2H3. The van der Waals surface area contributed by atoms with Crippen molar-refractivity contribution in [2.24, 2.45) is 13.0 Å². The number of aryl methyl sites for hydroxylation is 1. The van der Waals surface area contributed by atoms with E-state index >= 15 is 0 Å². The van der Waals surface area contributed by atoms with Crippen LogP contribution >= 0.6 is 0 Å². The normalized spacial score (nSPS) is 16.8. The molecule has 3 nitrogen and oxygen atoms in total. The molecule has 18 heavy (non-hydrogen) atoms. The molecule has 1 aromatic heterocycles. The first kappa shape index (κ1) is 11.5. The molecule has 1 aliphatic rings. The lowest BCUT2D eigenvalue weighted by Crippen LogP contribution is -2.26. The predicted octanol–water partition coefficient (Wildman–Crippen LogP) is 2.10. The fraction of sp³-hybridized carbons (Fsp3) is 0.400. The predicted molar refractivity (Wildman–Crippen MR) is 72.3 cm³/mol. The van der Waals surface area contributed by atoms with Gasteiger partial charge in [0.15, 0.2) is 0 Å². The Morgan fingerprint density at radius 3 is 2.39 bits per heavy atom. The van der Waals surface area contributed by atoms with Crippen molar-refractivity contribution in [3.8, 4) is 0 Å². The molecule has 0 bridgehead atoms. The number of rotatable bonds is 3. The van der Waals surface area contributed by atoms with Gasteiger partial charge >= 0.3 is 0 Å². The summed E-state index contributed by atoms with van der Waals surface area (Å²) in [6, 6.07) is 11.2. The summed E-state index contributed by atoms with van der Waals surface area (Å²) in [7, 11) is 4.00. The Labute approximate surface area is 108 Å². The highest BCUT2D eigenvalue weighted by Gasteiger charge is 2.29. The van der Waals surface area contributed by atoms with Gasteiger partial charge in [-0.1, -0.05) is 24.3 Å². The van der Waals surface area contributed by atoms with Crippen LogP contribution in [0, 0.1) is 5.92 Å². The second-order valence-corrected chi connectivity index (χ2v) is 5.12. The van der Waals surface area contributed by atoms with Crippen molar-refractivity contribution in [2.75, 3.05) is 7.05 Å². The minimum absolute atomic E-state index is 0.346. The lowest BCUT2D eigenvalue weighted by molar-refractivity contribution is 0.386. The third-order valence-corrected chi connectivity index (χ3v) is 3.92. The molecule has 1 heterocycles. The summed E-state index contributed by atoms with van der Waals surface area (Å²) in [6.07, 6.45) is 4.32. The average molecular weight is 241 g/mol. The molecule has 0 amide bonds. The Hall–Kier alpha value is -1.61. The van der Waals surface area contributed by atoms with Crippen LogP contribution in [0.3, 0.4) is 0 Å². The molecule has 1 unspecified atom stereocenters. The Kier molecular flexibility index (Phi) is 2.92. The molecule has 0 aliphatic heterocycles. The first-order valence-electron chi connectivity index (χ1n) is 6.51. The van der Waals surface area contributed by atoms with Gasteiger partial charge in [0.1, 0.15) is 0 Å². The average Bonchev–Trinajstić information content (AvgIpc) is 2.96. The van der Waals surface area contributed by atoms with Crippen LogP contribution in [0.4, 0.5) is 0 Å². The molecule has 0 saturated carbocycles. The Balaban J connectivity index is 1.83. The molecule has 3 heteroatoms. The van der Waals surface area contributed by atoms with Gasteiger partial charge in [0, 0.05) is 13.2 Å². The van der Waals surface area contributed by atoms with Crippen LogP contribution in [0.15, 0.2) is 36.5 Å². The Morgan fingerprint density at radius 2 is 1.89 bits per heavy atom. The van der Waals surface area contributed by atoms with Crippen LogP contribution in [-0.4, -0.2) is 16.8 Å². The number of benzene rings is 1. The Bertz CT molecular complexity index is 519.